The zero-order valence-electron chi connectivity index (χ0n) is 13.9. The summed E-state index contributed by atoms with van der Waals surface area (Å²) in [6.45, 7) is -0.800. The van der Waals surface area contributed by atoms with Gasteiger partial charge in [0.1, 0.15) is 25.4 Å². The van der Waals surface area contributed by atoms with Crippen LogP contribution in [0.5, 0.6) is 0 Å². The van der Waals surface area contributed by atoms with Crippen molar-refractivity contribution < 1.29 is 58.6 Å². The Labute approximate surface area is 148 Å². The molecule has 0 aliphatic carbocycles. The van der Waals surface area contributed by atoms with Crippen molar-refractivity contribution in [2.24, 2.45) is 0 Å². The van der Waals surface area contributed by atoms with Gasteiger partial charge in [-0.3, -0.25) is 0 Å². The van der Waals surface area contributed by atoms with Gasteiger partial charge in [0, 0.05) is 0 Å². The minimum absolute atomic E-state index is 0.261. The molecule has 0 aliphatic heterocycles. The topological polar surface area (TPSA) is 186 Å². The fourth-order valence-electron chi connectivity index (χ4n) is 2.06. The molecule has 0 saturated heterocycles. The number of hydrogen-bond donors (Lipinski definition) is 4. The first-order valence-electron chi connectivity index (χ1n) is 7.71. The van der Waals surface area contributed by atoms with Crippen LogP contribution in [0.1, 0.15) is 38.5 Å². The van der Waals surface area contributed by atoms with Gasteiger partial charge in [-0.1, -0.05) is 12.8 Å². The van der Waals surface area contributed by atoms with Crippen molar-refractivity contribution in [2.75, 3.05) is 13.2 Å². The molecule has 0 radical (unpaired) electrons. The molecule has 0 heterocycles. The van der Waals surface area contributed by atoms with Crippen molar-refractivity contribution in [3.05, 3.63) is 0 Å². The van der Waals surface area contributed by atoms with Crippen LogP contribution in [0.4, 0.5) is 19.2 Å². The molecule has 0 spiro atoms. The molecule has 2 unspecified atom stereocenters. The molecule has 0 aliphatic rings. The molecule has 0 bridgehead atoms. The average Bonchev–Trinajstić information content (AvgIpc) is 2.51. The van der Waals surface area contributed by atoms with Crippen LogP contribution in [-0.4, -0.2) is 70.5 Å². The Morgan fingerprint density at radius 3 is 1.19 bits per heavy atom. The summed E-state index contributed by atoms with van der Waals surface area (Å²) < 4.78 is 17.6. The van der Waals surface area contributed by atoms with Crippen LogP contribution >= 0.6 is 0 Å². The van der Waals surface area contributed by atoms with Gasteiger partial charge in [0.2, 0.25) is 0 Å². The summed E-state index contributed by atoms with van der Waals surface area (Å²) in [6.07, 6.45) is -5.10. The van der Waals surface area contributed by atoms with E-state index >= 15 is 0 Å². The van der Waals surface area contributed by atoms with Gasteiger partial charge >= 0.3 is 24.6 Å². The molecule has 26 heavy (non-hydrogen) atoms. The highest BCUT2D eigenvalue weighted by Gasteiger charge is 2.17. The van der Waals surface area contributed by atoms with E-state index in [0.29, 0.717) is 25.7 Å². The Morgan fingerprint density at radius 2 is 0.923 bits per heavy atom. The largest absolute Gasteiger partial charge is 0.506 e. The van der Waals surface area contributed by atoms with E-state index in [-0.39, 0.29) is 12.8 Å². The molecule has 0 aromatic carbocycles. The molecule has 12 nitrogen and oxygen atoms in total. The fraction of sp³-hybridized carbons (Fsp3) is 0.714. The maximum absolute atomic E-state index is 10.5. The van der Waals surface area contributed by atoms with Gasteiger partial charge in [0.25, 0.3) is 0 Å². The summed E-state index contributed by atoms with van der Waals surface area (Å²) in [6, 6.07) is 0. The number of carbonyl (C=O) groups is 4. The number of carboxylic acid groups (broad SMARTS) is 4. The molecule has 0 fully saturated rings. The lowest BCUT2D eigenvalue weighted by atomic mass is 10.1. The molecular formula is C14H22O12. The maximum atomic E-state index is 10.5. The van der Waals surface area contributed by atoms with E-state index in [1.165, 1.54) is 0 Å². The van der Waals surface area contributed by atoms with Crippen molar-refractivity contribution in [1.82, 2.24) is 0 Å². The highest BCUT2D eigenvalue weighted by atomic mass is 16.7. The zero-order chi connectivity index (χ0) is 19.9. The van der Waals surface area contributed by atoms with E-state index in [1.54, 1.807) is 0 Å². The molecule has 0 rings (SSSR count). The third-order valence-corrected chi connectivity index (χ3v) is 3.12. The van der Waals surface area contributed by atoms with Gasteiger partial charge in [-0.2, -0.15) is 0 Å². The van der Waals surface area contributed by atoms with Crippen LogP contribution in [0.15, 0.2) is 0 Å². The highest BCUT2D eigenvalue weighted by molar-refractivity contribution is 5.58. The summed E-state index contributed by atoms with van der Waals surface area (Å²) in [5.41, 5.74) is 0. The van der Waals surface area contributed by atoms with E-state index in [2.05, 4.69) is 18.9 Å². The lowest BCUT2D eigenvalue weighted by molar-refractivity contribution is -0.000396. The Bertz CT molecular complexity index is 421. The summed E-state index contributed by atoms with van der Waals surface area (Å²) in [4.78, 5) is 41.7. The van der Waals surface area contributed by atoms with Crippen LogP contribution in [0.25, 0.3) is 0 Å². The first-order chi connectivity index (χ1) is 12.2. The van der Waals surface area contributed by atoms with E-state index in [9.17, 15) is 19.2 Å². The summed E-state index contributed by atoms with van der Waals surface area (Å²) in [7, 11) is 0. The predicted molar refractivity (Wildman–Crippen MR) is 81.5 cm³/mol. The Morgan fingerprint density at radius 1 is 0.577 bits per heavy atom. The maximum Gasteiger partial charge on any atom is 0.506 e. The van der Waals surface area contributed by atoms with Gasteiger partial charge < -0.3 is 39.4 Å². The third-order valence-electron chi connectivity index (χ3n) is 3.12. The van der Waals surface area contributed by atoms with Crippen LogP contribution in [-0.2, 0) is 18.9 Å². The molecule has 0 aromatic heterocycles. The third kappa shape index (κ3) is 14.7. The van der Waals surface area contributed by atoms with Gasteiger partial charge in [0.05, 0.1) is 0 Å². The minimum Gasteiger partial charge on any atom is -0.450 e. The first-order valence-corrected chi connectivity index (χ1v) is 7.71. The number of unbranched alkanes of at least 4 members (excludes halogenated alkanes) is 3. The number of ether oxygens (including phenoxy) is 4. The highest BCUT2D eigenvalue weighted by Crippen LogP contribution is 2.13. The Kier molecular flexibility index (Phi) is 11.9. The van der Waals surface area contributed by atoms with E-state index in [4.69, 9.17) is 20.4 Å². The van der Waals surface area contributed by atoms with Crippen LogP contribution in [0.3, 0.4) is 0 Å². The van der Waals surface area contributed by atoms with Gasteiger partial charge in [-0.05, 0) is 25.7 Å². The van der Waals surface area contributed by atoms with Crippen molar-refractivity contribution >= 4 is 24.6 Å². The molecule has 2 atom stereocenters. The Balaban J connectivity index is 4.03. The molecular weight excluding hydrogens is 360 g/mol. The van der Waals surface area contributed by atoms with Crippen LogP contribution < -0.4 is 0 Å². The molecule has 150 valence electrons. The lowest BCUT2D eigenvalue weighted by Gasteiger charge is -2.16. The van der Waals surface area contributed by atoms with Crippen LogP contribution in [0.2, 0.25) is 0 Å². The monoisotopic (exact) mass is 382 g/mol. The molecule has 12 heteroatoms. The second-order valence-corrected chi connectivity index (χ2v) is 5.16. The number of hydrogen-bond acceptors (Lipinski definition) is 8. The number of rotatable bonds is 13. The summed E-state index contributed by atoms with van der Waals surface area (Å²) in [5, 5.41) is 34.0. The first kappa shape index (κ1) is 23.1. The second-order valence-electron chi connectivity index (χ2n) is 5.16. The second kappa shape index (κ2) is 13.4. The van der Waals surface area contributed by atoms with Crippen molar-refractivity contribution in [2.45, 2.75) is 50.7 Å². The summed E-state index contributed by atoms with van der Waals surface area (Å²) in [5.74, 6) is 0. The van der Waals surface area contributed by atoms with Crippen LogP contribution in [0, 0.1) is 0 Å². The predicted octanol–water partition coefficient (Wildman–Crippen LogP) is 2.84. The SMILES string of the molecule is O=C(O)OCC(CCCCCCC(COC(=O)O)OC(=O)O)OC(=O)O. The Hall–Kier alpha value is -2.92. The lowest BCUT2D eigenvalue weighted by Crippen LogP contribution is -2.24. The summed E-state index contributed by atoms with van der Waals surface area (Å²) >= 11 is 0. The van der Waals surface area contributed by atoms with Crippen molar-refractivity contribution in [1.29, 1.82) is 0 Å². The molecule has 0 amide bonds. The minimum atomic E-state index is -1.53. The van der Waals surface area contributed by atoms with Gasteiger partial charge in [-0.15, -0.1) is 0 Å². The molecule has 4 N–H and O–H groups in total. The van der Waals surface area contributed by atoms with E-state index in [1.807, 2.05) is 0 Å². The van der Waals surface area contributed by atoms with Gasteiger partial charge in [-0.25, -0.2) is 19.2 Å². The van der Waals surface area contributed by atoms with Gasteiger partial charge in [0.15, 0.2) is 0 Å². The van der Waals surface area contributed by atoms with E-state index in [0.717, 1.165) is 0 Å². The zero-order valence-corrected chi connectivity index (χ0v) is 13.9. The average molecular weight is 382 g/mol. The smallest absolute Gasteiger partial charge is 0.450 e. The standard InChI is InChI=1S/C14H22O12/c15-11(16)23-7-9(25-13(19)20)5-3-1-2-4-6-10(26-14(21)22)8-24-12(17)18/h9-10H,1-8H2,(H,15,16)(H,17,18)(H,19,20)(H,21,22). The fourth-order valence-corrected chi connectivity index (χ4v) is 2.06. The quantitative estimate of drug-likeness (QED) is 0.207. The molecule has 0 aromatic rings. The van der Waals surface area contributed by atoms with E-state index < -0.39 is 50.0 Å². The molecule has 0 saturated carbocycles. The normalized spacial score (nSPS) is 12.5. The van der Waals surface area contributed by atoms with Crippen molar-refractivity contribution in [3.63, 3.8) is 0 Å². The van der Waals surface area contributed by atoms with Crippen molar-refractivity contribution in [3.8, 4) is 0 Å².